The van der Waals surface area contributed by atoms with E-state index in [0.29, 0.717) is 0 Å². The van der Waals surface area contributed by atoms with Crippen molar-refractivity contribution in [2.24, 2.45) is 17.3 Å². The highest BCUT2D eigenvalue weighted by atomic mass is 16.3. The van der Waals surface area contributed by atoms with E-state index in [2.05, 4.69) is 19.1 Å². The average Bonchev–Trinajstić information content (AvgIpc) is 2.12. The van der Waals surface area contributed by atoms with Crippen LogP contribution in [0.2, 0.25) is 0 Å². The summed E-state index contributed by atoms with van der Waals surface area (Å²) in [5.74, 6) is 0.551. The molecule has 2 rings (SSSR count). The predicted octanol–water partition coefficient (Wildman–Crippen LogP) is 1.33. The summed E-state index contributed by atoms with van der Waals surface area (Å²) in [6.07, 6.45) is 7.03. The number of allylic oxidation sites excluding steroid dienone is 2. The first kappa shape index (κ1) is 9.22. The molecule has 74 valence electrons. The van der Waals surface area contributed by atoms with E-state index in [9.17, 15) is 10.2 Å². The van der Waals surface area contributed by atoms with Crippen molar-refractivity contribution >= 4 is 0 Å². The van der Waals surface area contributed by atoms with E-state index in [0.717, 1.165) is 19.3 Å². The van der Waals surface area contributed by atoms with Crippen LogP contribution in [-0.4, -0.2) is 22.9 Å². The van der Waals surface area contributed by atoms with Gasteiger partial charge in [0.05, 0.1) is 6.10 Å². The third-order valence-corrected chi connectivity index (χ3v) is 3.94. The lowest BCUT2D eigenvalue weighted by atomic mass is 9.58. The van der Waals surface area contributed by atoms with Gasteiger partial charge >= 0.3 is 0 Å². The van der Waals surface area contributed by atoms with Gasteiger partial charge in [-0.25, -0.2) is 0 Å². The molecule has 2 N–H and O–H groups in total. The third kappa shape index (κ3) is 1.32. The number of rotatable bonds is 1. The van der Waals surface area contributed by atoms with Crippen molar-refractivity contribution < 1.29 is 10.2 Å². The van der Waals surface area contributed by atoms with Crippen LogP contribution in [0.5, 0.6) is 0 Å². The van der Waals surface area contributed by atoms with E-state index < -0.39 is 0 Å². The van der Waals surface area contributed by atoms with Crippen molar-refractivity contribution in [2.75, 3.05) is 6.61 Å². The summed E-state index contributed by atoms with van der Waals surface area (Å²) >= 11 is 0. The molecule has 0 aromatic heterocycles. The minimum Gasteiger partial charge on any atom is -0.396 e. The van der Waals surface area contributed by atoms with Crippen LogP contribution >= 0.6 is 0 Å². The van der Waals surface area contributed by atoms with Crippen molar-refractivity contribution in [1.82, 2.24) is 0 Å². The van der Waals surface area contributed by atoms with E-state index in [1.54, 1.807) is 0 Å². The molecule has 0 aliphatic heterocycles. The predicted molar refractivity (Wildman–Crippen MR) is 51.2 cm³/mol. The summed E-state index contributed by atoms with van der Waals surface area (Å²) in [6, 6.07) is 0. The Bertz CT molecular complexity index is 224. The van der Waals surface area contributed by atoms with Crippen molar-refractivity contribution in [3.8, 4) is 0 Å². The molecule has 4 unspecified atom stereocenters. The Hall–Kier alpha value is -0.340. The monoisotopic (exact) mass is 182 g/mol. The fourth-order valence-electron chi connectivity index (χ4n) is 2.98. The molecule has 0 aromatic rings. The molecule has 0 aromatic carbocycles. The largest absolute Gasteiger partial charge is 0.396 e. The zero-order chi connectivity index (χ0) is 9.47. The summed E-state index contributed by atoms with van der Waals surface area (Å²) in [4.78, 5) is 0. The molecule has 4 atom stereocenters. The number of fused-ring (bicyclic) bond motifs is 2. The standard InChI is InChI=1S/C11H18O2/c1-11-5-2-3-8(9(11)7-12)10(13)4-6-11/h2,5,8-10,12-13H,3-4,6-7H2,1H3. The molecule has 1 saturated carbocycles. The van der Waals surface area contributed by atoms with Crippen molar-refractivity contribution in [3.63, 3.8) is 0 Å². The summed E-state index contributed by atoms with van der Waals surface area (Å²) in [7, 11) is 0. The van der Waals surface area contributed by atoms with Crippen LogP contribution in [0.4, 0.5) is 0 Å². The summed E-state index contributed by atoms with van der Waals surface area (Å²) in [5, 5.41) is 19.1. The molecule has 0 heterocycles. The van der Waals surface area contributed by atoms with Crippen LogP contribution in [-0.2, 0) is 0 Å². The molecule has 2 nitrogen and oxygen atoms in total. The van der Waals surface area contributed by atoms with Gasteiger partial charge in [0.15, 0.2) is 0 Å². The Kier molecular flexibility index (Phi) is 2.20. The van der Waals surface area contributed by atoms with Crippen LogP contribution in [0.25, 0.3) is 0 Å². The molecular formula is C11H18O2. The van der Waals surface area contributed by atoms with Gasteiger partial charge in [-0.05, 0) is 36.5 Å². The van der Waals surface area contributed by atoms with Crippen LogP contribution < -0.4 is 0 Å². The fraction of sp³-hybridized carbons (Fsp3) is 0.818. The van der Waals surface area contributed by atoms with Crippen LogP contribution in [0, 0.1) is 17.3 Å². The molecule has 2 aliphatic rings. The molecule has 2 aliphatic carbocycles. The zero-order valence-corrected chi connectivity index (χ0v) is 8.11. The van der Waals surface area contributed by atoms with Gasteiger partial charge in [0.2, 0.25) is 0 Å². The second-order valence-electron chi connectivity index (χ2n) is 4.70. The van der Waals surface area contributed by atoms with Gasteiger partial charge < -0.3 is 10.2 Å². The van der Waals surface area contributed by atoms with Crippen molar-refractivity contribution in [2.45, 2.75) is 32.3 Å². The lowest BCUT2D eigenvalue weighted by Gasteiger charge is -2.48. The van der Waals surface area contributed by atoms with Gasteiger partial charge in [-0.15, -0.1) is 0 Å². The lowest BCUT2D eigenvalue weighted by Crippen LogP contribution is -2.46. The van der Waals surface area contributed by atoms with E-state index in [-0.39, 0.29) is 30.0 Å². The number of hydrogen-bond acceptors (Lipinski definition) is 2. The van der Waals surface area contributed by atoms with E-state index >= 15 is 0 Å². The number of aliphatic hydroxyl groups is 2. The van der Waals surface area contributed by atoms with Crippen molar-refractivity contribution in [3.05, 3.63) is 12.2 Å². The average molecular weight is 182 g/mol. The number of hydrogen-bond donors (Lipinski definition) is 2. The first-order valence-electron chi connectivity index (χ1n) is 5.14. The normalized spacial score (nSPS) is 49.3. The quantitative estimate of drug-likeness (QED) is 0.601. The molecule has 0 radical (unpaired) electrons. The SMILES string of the molecule is CC12C=CCC(C(O)CC1)C2CO. The third-order valence-electron chi connectivity index (χ3n) is 3.94. The van der Waals surface area contributed by atoms with Crippen molar-refractivity contribution in [1.29, 1.82) is 0 Å². The fourth-order valence-corrected chi connectivity index (χ4v) is 2.98. The summed E-state index contributed by atoms with van der Waals surface area (Å²) in [5.41, 5.74) is 0.136. The Morgan fingerprint density at radius 1 is 1.54 bits per heavy atom. The van der Waals surface area contributed by atoms with Gasteiger partial charge in [-0.2, -0.15) is 0 Å². The smallest absolute Gasteiger partial charge is 0.0575 e. The Morgan fingerprint density at radius 2 is 2.31 bits per heavy atom. The molecular weight excluding hydrogens is 164 g/mol. The van der Waals surface area contributed by atoms with Gasteiger partial charge in [0.25, 0.3) is 0 Å². The molecule has 0 amide bonds. The Balaban J connectivity index is 2.29. The maximum atomic E-state index is 9.79. The first-order valence-corrected chi connectivity index (χ1v) is 5.14. The van der Waals surface area contributed by atoms with Gasteiger partial charge in [-0.1, -0.05) is 19.1 Å². The van der Waals surface area contributed by atoms with E-state index in [4.69, 9.17) is 0 Å². The molecule has 2 heteroatoms. The zero-order valence-electron chi connectivity index (χ0n) is 8.11. The lowest BCUT2D eigenvalue weighted by molar-refractivity contribution is -0.0484. The van der Waals surface area contributed by atoms with E-state index in [1.807, 2.05) is 0 Å². The molecule has 0 spiro atoms. The van der Waals surface area contributed by atoms with Gasteiger partial charge in [0.1, 0.15) is 0 Å². The summed E-state index contributed by atoms with van der Waals surface area (Å²) < 4.78 is 0. The number of aliphatic hydroxyl groups excluding tert-OH is 2. The second kappa shape index (κ2) is 3.10. The topological polar surface area (TPSA) is 40.5 Å². The molecule has 1 fully saturated rings. The second-order valence-corrected chi connectivity index (χ2v) is 4.70. The maximum Gasteiger partial charge on any atom is 0.0575 e. The summed E-state index contributed by atoms with van der Waals surface area (Å²) in [6.45, 7) is 2.41. The molecule has 2 bridgehead atoms. The minimum absolute atomic E-state index is 0.136. The Labute approximate surface area is 79.3 Å². The van der Waals surface area contributed by atoms with Crippen LogP contribution in [0.1, 0.15) is 26.2 Å². The van der Waals surface area contributed by atoms with Crippen LogP contribution in [0.3, 0.4) is 0 Å². The van der Waals surface area contributed by atoms with Gasteiger partial charge in [-0.3, -0.25) is 0 Å². The maximum absolute atomic E-state index is 9.79. The first-order chi connectivity index (χ1) is 6.17. The molecule has 13 heavy (non-hydrogen) atoms. The van der Waals surface area contributed by atoms with E-state index in [1.165, 1.54) is 0 Å². The highest BCUT2D eigenvalue weighted by Crippen LogP contribution is 2.49. The highest BCUT2D eigenvalue weighted by Gasteiger charge is 2.45. The highest BCUT2D eigenvalue weighted by molar-refractivity contribution is 5.11. The minimum atomic E-state index is -0.199. The van der Waals surface area contributed by atoms with Gasteiger partial charge in [0, 0.05) is 6.61 Å². The Morgan fingerprint density at radius 3 is 2.92 bits per heavy atom. The molecule has 0 saturated heterocycles. The van der Waals surface area contributed by atoms with Crippen LogP contribution in [0.15, 0.2) is 12.2 Å².